The van der Waals surface area contributed by atoms with Gasteiger partial charge >= 0.3 is 0 Å². The van der Waals surface area contributed by atoms with Gasteiger partial charge in [-0.3, -0.25) is 14.5 Å². The average Bonchev–Trinajstić information content (AvgIpc) is 2.91. The van der Waals surface area contributed by atoms with E-state index in [-0.39, 0.29) is 18.2 Å². The highest BCUT2D eigenvalue weighted by atomic mass is 16.5. The van der Waals surface area contributed by atoms with Gasteiger partial charge in [0.1, 0.15) is 18.5 Å². The van der Waals surface area contributed by atoms with E-state index < -0.39 is 12.0 Å². The summed E-state index contributed by atoms with van der Waals surface area (Å²) in [5.41, 5.74) is 2.62. The van der Waals surface area contributed by atoms with Gasteiger partial charge in [0, 0.05) is 49.2 Å². The lowest BCUT2D eigenvalue weighted by Crippen LogP contribution is -2.49. The molecule has 2 aliphatic rings. The molecule has 0 radical (unpaired) electrons. The van der Waals surface area contributed by atoms with Crippen molar-refractivity contribution in [1.29, 1.82) is 0 Å². The van der Waals surface area contributed by atoms with Gasteiger partial charge in [0.2, 0.25) is 0 Å². The van der Waals surface area contributed by atoms with Gasteiger partial charge in [-0.05, 0) is 42.0 Å². The van der Waals surface area contributed by atoms with Crippen LogP contribution < -0.4 is 4.74 Å². The van der Waals surface area contributed by atoms with Gasteiger partial charge in [-0.1, -0.05) is 62.4 Å². The molecule has 0 bridgehead atoms. The van der Waals surface area contributed by atoms with Crippen molar-refractivity contribution in [2.45, 2.75) is 32.3 Å². The molecule has 3 aromatic carbocycles. The first-order chi connectivity index (χ1) is 17.9. The van der Waals surface area contributed by atoms with Crippen LogP contribution in [0.15, 0.2) is 60.7 Å². The molecule has 1 aliphatic carbocycles. The second-order valence-electron chi connectivity index (χ2n) is 10.6. The first-order valence-electron chi connectivity index (χ1n) is 13.4. The number of hydrogen-bond acceptors (Lipinski definition) is 6. The number of aliphatic hydroxyl groups is 1. The van der Waals surface area contributed by atoms with E-state index in [1.54, 1.807) is 0 Å². The second kappa shape index (κ2) is 11.1. The molecule has 1 fully saturated rings. The third-order valence-corrected chi connectivity index (χ3v) is 7.73. The molecule has 0 aromatic heterocycles. The van der Waals surface area contributed by atoms with E-state index in [1.165, 1.54) is 5.56 Å². The molecule has 1 N–H and O–H groups in total. The standard InChI is InChI=1S/C31H36N2O4/c1-21(2)22-9-11-25(12-10-22)37-20-24(34)19-33-17-15-32(16-18-33)14-13-28-30(35)26-7-3-5-23-6-4-8-27(29(23)26)31(28)36/h3-12,21,24,28,34H,13-20H2,1-2H3. The summed E-state index contributed by atoms with van der Waals surface area (Å²) in [5.74, 6) is 0.560. The third kappa shape index (κ3) is 5.61. The number of β-amino-alcohol motifs (C(OH)–C–C–N with tert-alkyl or cyclic N) is 1. The topological polar surface area (TPSA) is 70.1 Å². The molecule has 0 amide bonds. The van der Waals surface area contributed by atoms with E-state index >= 15 is 0 Å². The lowest BCUT2D eigenvalue weighted by molar-refractivity contribution is 0.0445. The quantitative estimate of drug-likeness (QED) is 0.439. The number of carbonyl (C=O) groups excluding carboxylic acids is 2. The maximum atomic E-state index is 13.2. The fourth-order valence-corrected chi connectivity index (χ4v) is 5.51. The summed E-state index contributed by atoms with van der Waals surface area (Å²) in [6.07, 6.45) is -0.0226. The number of nitrogens with zero attached hydrogens (tertiary/aromatic N) is 2. The minimum atomic E-state index is -0.605. The lowest BCUT2D eigenvalue weighted by atomic mass is 9.78. The molecule has 1 saturated heterocycles. The smallest absolute Gasteiger partial charge is 0.174 e. The summed E-state index contributed by atoms with van der Waals surface area (Å²) in [5, 5.41) is 12.2. The predicted molar refractivity (Wildman–Crippen MR) is 146 cm³/mol. The third-order valence-electron chi connectivity index (χ3n) is 7.73. The van der Waals surface area contributed by atoms with Crippen molar-refractivity contribution in [2.75, 3.05) is 45.9 Å². The van der Waals surface area contributed by atoms with Crippen LogP contribution in [-0.4, -0.2) is 78.5 Å². The molecule has 1 unspecified atom stereocenters. The number of hydrogen-bond donors (Lipinski definition) is 1. The number of benzene rings is 3. The molecule has 0 spiro atoms. The number of carbonyl (C=O) groups is 2. The van der Waals surface area contributed by atoms with Gasteiger partial charge in [-0.15, -0.1) is 0 Å². The van der Waals surface area contributed by atoms with Crippen molar-refractivity contribution in [2.24, 2.45) is 5.92 Å². The van der Waals surface area contributed by atoms with E-state index in [9.17, 15) is 14.7 Å². The highest BCUT2D eigenvalue weighted by Gasteiger charge is 2.35. The summed E-state index contributed by atoms with van der Waals surface area (Å²) in [7, 11) is 0. The normalized spacial score (nSPS) is 18.1. The Bertz CT molecular complexity index is 1210. The Labute approximate surface area is 218 Å². The van der Waals surface area contributed by atoms with E-state index in [4.69, 9.17) is 4.74 Å². The number of rotatable bonds is 9. The van der Waals surface area contributed by atoms with Crippen LogP contribution in [0.25, 0.3) is 10.8 Å². The Kier molecular flexibility index (Phi) is 7.70. The van der Waals surface area contributed by atoms with E-state index in [1.807, 2.05) is 48.5 Å². The number of Topliss-reactive ketones (excluding diaryl/α,β-unsaturated/α-hetero) is 2. The van der Waals surface area contributed by atoms with Gasteiger partial charge in [0.15, 0.2) is 11.6 Å². The first-order valence-corrected chi connectivity index (χ1v) is 13.4. The maximum absolute atomic E-state index is 13.2. The first kappa shape index (κ1) is 25.6. The fraction of sp³-hybridized carbons (Fsp3) is 0.419. The van der Waals surface area contributed by atoms with Crippen LogP contribution in [0.4, 0.5) is 0 Å². The predicted octanol–water partition coefficient (Wildman–Crippen LogP) is 4.41. The van der Waals surface area contributed by atoms with E-state index in [0.29, 0.717) is 36.6 Å². The van der Waals surface area contributed by atoms with Gasteiger partial charge < -0.3 is 14.7 Å². The Morgan fingerprint density at radius 1 is 0.865 bits per heavy atom. The minimum absolute atomic E-state index is 0.0464. The monoisotopic (exact) mass is 500 g/mol. The summed E-state index contributed by atoms with van der Waals surface area (Å²) in [6.45, 7) is 9.26. The van der Waals surface area contributed by atoms with Crippen LogP contribution >= 0.6 is 0 Å². The van der Waals surface area contributed by atoms with Crippen LogP contribution in [0.3, 0.4) is 0 Å². The van der Waals surface area contributed by atoms with Crippen molar-refractivity contribution >= 4 is 22.3 Å². The van der Waals surface area contributed by atoms with Crippen LogP contribution in [0.5, 0.6) is 5.75 Å². The Balaban J connectivity index is 1.07. The van der Waals surface area contributed by atoms with Gasteiger partial charge in [0.25, 0.3) is 0 Å². The SMILES string of the molecule is CC(C)c1ccc(OCC(O)CN2CCN(CCC3C(=O)c4cccc5cccc(c45)C3=O)CC2)cc1. The van der Waals surface area contributed by atoms with Crippen molar-refractivity contribution in [3.63, 3.8) is 0 Å². The molecule has 1 aliphatic heterocycles. The molecule has 1 atom stereocenters. The highest BCUT2D eigenvalue weighted by molar-refractivity contribution is 6.29. The van der Waals surface area contributed by atoms with Crippen LogP contribution in [0, 0.1) is 5.92 Å². The lowest BCUT2D eigenvalue weighted by Gasteiger charge is -2.36. The largest absolute Gasteiger partial charge is 0.491 e. The fourth-order valence-electron chi connectivity index (χ4n) is 5.51. The minimum Gasteiger partial charge on any atom is -0.491 e. The van der Waals surface area contributed by atoms with Gasteiger partial charge in [-0.2, -0.15) is 0 Å². The van der Waals surface area contributed by atoms with Crippen LogP contribution in [-0.2, 0) is 0 Å². The molecular weight excluding hydrogens is 464 g/mol. The Morgan fingerprint density at radius 2 is 1.46 bits per heavy atom. The summed E-state index contributed by atoms with van der Waals surface area (Å²) < 4.78 is 5.79. The zero-order valence-corrected chi connectivity index (χ0v) is 21.7. The summed E-state index contributed by atoms with van der Waals surface area (Å²) >= 11 is 0. The molecule has 194 valence electrons. The molecule has 1 heterocycles. The highest BCUT2D eigenvalue weighted by Crippen LogP contribution is 2.33. The summed E-state index contributed by atoms with van der Waals surface area (Å²) in [6, 6.07) is 19.5. The number of piperazine rings is 1. The van der Waals surface area contributed by atoms with E-state index in [2.05, 4.69) is 35.8 Å². The van der Waals surface area contributed by atoms with Crippen molar-refractivity contribution in [3.05, 3.63) is 77.4 Å². The van der Waals surface area contributed by atoms with Crippen molar-refractivity contribution < 1.29 is 19.4 Å². The molecule has 0 saturated carbocycles. The zero-order valence-electron chi connectivity index (χ0n) is 21.7. The van der Waals surface area contributed by atoms with Gasteiger partial charge in [-0.25, -0.2) is 0 Å². The Hall–Kier alpha value is -3.06. The Morgan fingerprint density at radius 3 is 2.05 bits per heavy atom. The number of ether oxygens (including phenoxy) is 1. The molecule has 6 heteroatoms. The molecule has 5 rings (SSSR count). The molecule has 6 nitrogen and oxygen atoms in total. The molecular formula is C31H36N2O4. The summed E-state index contributed by atoms with van der Waals surface area (Å²) in [4.78, 5) is 30.9. The van der Waals surface area contributed by atoms with Crippen molar-refractivity contribution in [1.82, 2.24) is 9.80 Å². The van der Waals surface area contributed by atoms with Crippen LogP contribution in [0.2, 0.25) is 0 Å². The maximum Gasteiger partial charge on any atom is 0.174 e. The average molecular weight is 501 g/mol. The number of aliphatic hydroxyl groups excluding tert-OH is 1. The number of ketones is 2. The second-order valence-corrected chi connectivity index (χ2v) is 10.6. The van der Waals surface area contributed by atoms with E-state index in [0.717, 1.165) is 42.7 Å². The van der Waals surface area contributed by atoms with Crippen LogP contribution in [0.1, 0.15) is 52.5 Å². The molecule has 37 heavy (non-hydrogen) atoms. The van der Waals surface area contributed by atoms with Crippen molar-refractivity contribution in [3.8, 4) is 5.75 Å². The zero-order chi connectivity index (χ0) is 25.9. The van der Waals surface area contributed by atoms with Gasteiger partial charge in [0.05, 0.1) is 5.92 Å². The molecule has 3 aromatic rings.